The van der Waals surface area contributed by atoms with Crippen molar-refractivity contribution in [2.24, 2.45) is 0 Å². The van der Waals surface area contributed by atoms with Crippen LogP contribution >= 0.6 is 0 Å². The average Bonchev–Trinajstić information content (AvgIpc) is 2.35. The molecule has 1 rings (SSSR count). The molecule has 1 amide bonds. The Balaban J connectivity index is 2.37. The van der Waals surface area contributed by atoms with Crippen LogP contribution in [0.15, 0.2) is 24.3 Å². The second-order valence-corrected chi connectivity index (χ2v) is 3.72. The van der Waals surface area contributed by atoms with Crippen molar-refractivity contribution in [3.8, 4) is 5.75 Å². The minimum absolute atomic E-state index is 0.0848. The molecule has 0 spiro atoms. The first kappa shape index (κ1) is 13.4. The first-order chi connectivity index (χ1) is 8.17. The van der Waals surface area contributed by atoms with Crippen molar-refractivity contribution in [3.63, 3.8) is 0 Å². The van der Waals surface area contributed by atoms with Crippen molar-refractivity contribution in [2.75, 3.05) is 32.1 Å². The molecule has 0 heterocycles. The maximum Gasteiger partial charge on any atom is 0.219 e. The summed E-state index contributed by atoms with van der Waals surface area (Å²) in [6.07, 6.45) is 0. The zero-order valence-electron chi connectivity index (χ0n) is 10.7. The normalized spacial score (nSPS) is 9.82. The van der Waals surface area contributed by atoms with Crippen molar-refractivity contribution < 1.29 is 9.53 Å². The highest BCUT2D eigenvalue weighted by molar-refractivity contribution is 5.73. The van der Waals surface area contributed by atoms with Gasteiger partial charge in [0.25, 0.3) is 0 Å². The summed E-state index contributed by atoms with van der Waals surface area (Å²) in [5, 5.41) is 3.04. The van der Waals surface area contributed by atoms with E-state index in [2.05, 4.69) is 5.32 Å². The lowest BCUT2D eigenvalue weighted by Crippen LogP contribution is -2.32. The number of amides is 1. The topological polar surface area (TPSA) is 41.6 Å². The van der Waals surface area contributed by atoms with Crippen LogP contribution in [-0.2, 0) is 4.79 Å². The zero-order chi connectivity index (χ0) is 12.7. The smallest absolute Gasteiger partial charge is 0.219 e. The molecule has 1 N–H and O–H groups in total. The molecule has 94 valence electrons. The molecule has 0 aliphatic carbocycles. The Morgan fingerprint density at radius 3 is 2.47 bits per heavy atom. The summed E-state index contributed by atoms with van der Waals surface area (Å²) in [4.78, 5) is 12.9. The Morgan fingerprint density at radius 2 is 2.00 bits per heavy atom. The van der Waals surface area contributed by atoms with Crippen LogP contribution in [0.4, 0.5) is 5.69 Å². The largest absolute Gasteiger partial charge is 0.492 e. The number of hydrogen-bond acceptors (Lipinski definition) is 3. The van der Waals surface area contributed by atoms with E-state index in [1.54, 1.807) is 11.8 Å². The minimum Gasteiger partial charge on any atom is -0.492 e. The monoisotopic (exact) mass is 236 g/mol. The molecule has 0 unspecified atom stereocenters. The average molecular weight is 236 g/mol. The number of nitrogens with one attached hydrogen (secondary N) is 1. The third-order valence-electron chi connectivity index (χ3n) is 2.60. The molecule has 0 saturated heterocycles. The van der Waals surface area contributed by atoms with E-state index in [1.807, 2.05) is 38.2 Å². The number of hydrogen-bond donors (Lipinski definition) is 1. The lowest BCUT2D eigenvalue weighted by atomic mass is 10.3. The second-order valence-electron chi connectivity index (χ2n) is 3.72. The highest BCUT2D eigenvalue weighted by atomic mass is 16.5. The number of likely N-dealkylation sites (N-methyl/N-ethyl adjacent to an activating group) is 1. The lowest BCUT2D eigenvalue weighted by Gasteiger charge is -2.18. The van der Waals surface area contributed by atoms with Gasteiger partial charge in [0.2, 0.25) is 5.91 Å². The highest BCUT2D eigenvalue weighted by Crippen LogP contribution is 2.14. The van der Waals surface area contributed by atoms with Crippen LogP contribution in [0.25, 0.3) is 0 Å². The minimum atomic E-state index is 0.0848. The van der Waals surface area contributed by atoms with E-state index < -0.39 is 0 Å². The van der Waals surface area contributed by atoms with Crippen molar-refractivity contribution in [1.82, 2.24) is 4.90 Å². The van der Waals surface area contributed by atoms with Gasteiger partial charge in [-0.15, -0.1) is 0 Å². The van der Waals surface area contributed by atoms with Crippen LogP contribution in [0.5, 0.6) is 5.75 Å². The molecule has 0 aliphatic rings. The quantitative estimate of drug-likeness (QED) is 0.821. The molecule has 1 aromatic rings. The molecule has 0 saturated carbocycles. The van der Waals surface area contributed by atoms with E-state index in [-0.39, 0.29) is 5.91 Å². The molecule has 0 aliphatic heterocycles. The van der Waals surface area contributed by atoms with E-state index >= 15 is 0 Å². The summed E-state index contributed by atoms with van der Waals surface area (Å²) < 4.78 is 5.57. The van der Waals surface area contributed by atoms with Gasteiger partial charge in [0.05, 0.1) is 6.54 Å². The number of nitrogens with zero attached hydrogens (tertiary/aromatic N) is 1. The summed E-state index contributed by atoms with van der Waals surface area (Å²) in [5.41, 5.74) is 1.05. The first-order valence-electron chi connectivity index (χ1n) is 5.83. The number of carbonyl (C=O) groups is 1. The standard InChI is InChI=1S/C13H20N2O2/c1-4-15(11(2)16)9-10-17-13-7-5-12(14-3)6-8-13/h5-8,14H,4,9-10H2,1-3H3. The van der Waals surface area contributed by atoms with Gasteiger partial charge < -0.3 is 15.0 Å². The number of anilines is 1. The molecular weight excluding hydrogens is 216 g/mol. The molecule has 4 nitrogen and oxygen atoms in total. The zero-order valence-corrected chi connectivity index (χ0v) is 10.7. The molecule has 0 atom stereocenters. The fourth-order valence-electron chi connectivity index (χ4n) is 1.53. The molecule has 0 radical (unpaired) electrons. The summed E-state index contributed by atoms with van der Waals surface area (Å²) in [6.45, 7) is 5.40. The molecule has 17 heavy (non-hydrogen) atoms. The number of ether oxygens (including phenoxy) is 1. The van der Waals surface area contributed by atoms with Crippen molar-refractivity contribution >= 4 is 11.6 Å². The van der Waals surface area contributed by atoms with Crippen molar-refractivity contribution in [3.05, 3.63) is 24.3 Å². The third kappa shape index (κ3) is 4.34. The Hall–Kier alpha value is -1.71. The molecule has 1 aromatic carbocycles. The van der Waals surface area contributed by atoms with E-state index in [1.165, 1.54) is 0 Å². The number of benzene rings is 1. The van der Waals surface area contributed by atoms with Crippen molar-refractivity contribution in [2.45, 2.75) is 13.8 Å². The van der Waals surface area contributed by atoms with Crippen LogP contribution in [0.3, 0.4) is 0 Å². The van der Waals surface area contributed by atoms with Gasteiger partial charge in [-0.3, -0.25) is 4.79 Å². The summed E-state index contributed by atoms with van der Waals surface area (Å²) in [5.74, 6) is 0.908. The molecule has 0 fully saturated rings. The first-order valence-corrected chi connectivity index (χ1v) is 5.83. The summed E-state index contributed by atoms with van der Waals surface area (Å²) >= 11 is 0. The number of carbonyl (C=O) groups excluding carboxylic acids is 1. The second kappa shape index (κ2) is 6.78. The summed E-state index contributed by atoms with van der Waals surface area (Å²) in [7, 11) is 1.88. The van der Waals surface area contributed by atoms with Crippen LogP contribution in [0.1, 0.15) is 13.8 Å². The van der Waals surface area contributed by atoms with Gasteiger partial charge in [0, 0.05) is 26.2 Å². The molecular formula is C13H20N2O2. The van der Waals surface area contributed by atoms with E-state index in [9.17, 15) is 4.79 Å². The fourth-order valence-corrected chi connectivity index (χ4v) is 1.53. The van der Waals surface area contributed by atoms with Crippen LogP contribution in [0, 0.1) is 0 Å². The molecule has 0 bridgehead atoms. The van der Waals surface area contributed by atoms with Crippen LogP contribution < -0.4 is 10.1 Å². The lowest BCUT2D eigenvalue weighted by molar-refractivity contribution is -0.129. The number of rotatable bonds is 6. The predicted molar refractivity (Wildman–Crippen MR) is 69.4 cm³/mol. The Bertz CT molecular complexity index is 349. The van der Waals surface area contributed by atoms with Crippen molar-refractivity contribution in [1.29, 1.82) is 0 Å². The van der Waals surface area contributed by atoms with Gasteiger partial charge in [-0.2, -0.15) is 0 Å². The maximum absolute atomic E-state index is 11.2. The molecule has 0 aromatic heterocycles. The highest BCUT2D eigenvalue weighted by Gasteiger charge is 2.05. The van der Waals surface area contributed by atoms with Crippen LogP contribution in [0.2, 0.25) is 0 Å². The maximum atomic E-state index is 11.2. The van der Waals surface area contributed by atoms with Gasteiger partial charge in [-0.25, -0.2) is 0 Å². The van der Waals surface area contributed by atoms with Gasteiger partial charge in [-0.05, 0) is 31.2 Å². The summed E-state index contributed by atoms with van der Waals surface area (Å²) in [6, 6.07) is 7.74. The van der Waals surface area contributed by atoms with Crippen LogP contribution in [-0.4, -0.2) is 37.6 Å². The third-order valence-corrected chi connectivity index (χ3v) is 2.60. The van der Waals surface area contributed by atoms with E-state index in [0.717, 1.165) is 18.0 Å². The van der Waals surface area contributed by atoms with Gasteiger partial charge in [-0.1, -0.05) is 0 Å². The fraction of sp³-hybridized carbons (Fsp3) is 0.462. The molecule has 4 heteroatoms. The van der Waals surface area contributed by atoms with Gasteiger partial charge >= 0.3 is 0 Å². The Labute approximate surface area is 103 Å². The SMILES string of the molecule is CCN(CCOc1ccc(NC)cc1)C(C)=O. The Morgan fingerprint density at radius 1 is 1.35 bits per heavy atom. The van der Waals surface area contributed by atoms with E-state index in [4.69, 9.17) is 4.74 Å². The van der Waals surface area contributed by atoms with E-state index in [0.29, 0.717) is 13.2 Å². The van der Waals surface area contributed by atoms with Gasteiger partial charge in [0.15, 0.2) is 0 Å². The predicted octanol–water partition coefficient (Wildman–Crippen LogP) is 1.98. The Kier molecular flexibility index (Phi) is 5.33. The van der Waals surface area contributed by atoms with Gasteiger partial charge in [0.1, 0.15) is 12.4 Å².